The van der Waals surface area contributed by atoms with E-state index in [1.54, 1.807) is 32.0 Å². The van der Waals surface area contributed by atoms with Gasteiger partial charge in [0.2, 0.25) is 0 Å². The van der Waals surface area contributed by atoms with Crippen LogP contribution >= 0.6 is 0 Å². The lowest BCUT2D eigenvalue weighted by Gasteiger charge is -2.43. The fourth-order valence-corrected chi connectivity index (χ4v) is 4.97. The van der Waals surface area contributed by atoms with Crippen molar-refractivity contribution in [2.45, 2.75) is 83.5 Å². The molecule has 1 aliphatic heterocycles. The molecule has 2 fully saturated rings. The minimum Gasteiger partial charge on any atom is -0.370 e. The number of fused-ring (bicyclic) bond motifs is 1. The second-order valence-electron chi connectivity index (χ2n) is 10.8. The van der Waals surface area contributed by atoms with Crippen LogP contribution in [-0.4, -0.2) is 42.2 Å². The average molecular weight is 529 g/mol. The summed E-state index contributed by atoms with van der Waals surface area (Å²) in [6.45, 7) is 7.88. The van der Waals surface area contributed by atoms with Crippen molar-refractivity contribution in [1.82, 2.24) is 5.32 Å². The van der Waals surface area contributed by atoms with Gasteiger partial charge in [-0.1, -0.05) is 38.1 Å². The standard InChI is InChI=1S/C29H34F2N2O5/c1-18(2)15-33-27(34)29(36-17-20-8-6-5-7-19(20)14-32)12-24(26-25(13-29)37-28(3,4)38-26)35-16-21-9-10-22(30)11-23(21)31/h5-11,18,24-26H,12-13,15-17H2,1-4H3,(H,33,34)/t24?,25-,26+,29-/m1/s1. The number of amides is 1. The van der Waals surface area contributed by atoms with Gasteiger partial charge in [-0.15, -0.1) is 0 Å². The summed E-state index contributed by atoms with van der Waals surface area (Å²) in [6, 6.07) is 12.5. The molecule has 38 heavy (non-hydrogen) atoms. The summed E-state index contributed by atoms with van der Waals surface area (Å²) in [6.07, 6.45) is -1.40. The summed E-state index contributed by atoms with van der Waals surface area (Å²) >= 11 is 0. The Morgan fingerprint density at radius 1 is 1.13 bits per heavy atom. The molecule has 1 unspecified atom stereocenters. The smallest absolute Gasteiger partial charge is 0.252 e. The van der Waals surface area contributed by atoms with Gasteiger partial charge in [-0.2, -0.15) is 5.26 Å². The molecule has 0 bridgehead atoms. The van der Waals surface area contributed by atoms with Crippen LogP contribution in [0.25, 0.3) is 0 Å². The number of nitrogens with zero attached hydrogens (tertiary/aromatic N) is 1. The molecule has 9 heteroatoms. The Morgan fingerprint density at radius 2 is 1.89 bits per heavy atom. The van der Waals surface area contributed by atoms with E-state index in [-0.39, 0.29) is 43.4 Å². The molecular weight excluding hydrogens is 494 g/mol. The van der Waals surface area contributed by atoms with Gasteiger partial charge in [-0.25, -0.2) is 8.78 Å². The van der Waals surface area contributed by atoms with Crippen molar-refractivity contribution in [3.8, 4) is 6.07 Å². The topological polar surface area (TPSA) is 89.8 Å². The Labute approximate surface area is 222 Å². The highest BCUT2D eigenvalue weighted by Gasteiger charge is 2.58. The lowest BCUT2D eigenvalue weighted by molar-refractivity contribution is -0.183. The Morgan fingerprint density at radius 3 is 2.61 bits per heavy atom. The molecule has 1 N–H and O–H groups in total. The van der Waals surface area contributed by atoms with E-state index in [1.165, 1.54) is 12.1 Å². The van der Waals surface area contributed by atoms with Gasteiger partial charge in [0.25, 0.3) is 5.91 Å². The predicted molar refractivity (Wildman–Crippen MR) is 135 cm³/mol. The molecule has 204 valence electrons. The third-order valence-electron chi connectivity index (χ3n) is 6.84. The maximum Gasteiger partial charge on any atom is 0.252 e. The number of nitrogens with one attached hydrogen (secondary N) is 1. The van der Waals surface area contributed by atoms with Gasteiger partial charge in [-0.3, -0.25) is 4.79 Å². The molecule has 0 aromatic heterocycles. The number of ether oxygens (including phenoxy) is 4. The van der Waals surface area contributed by atoms with Crippen molar-refractivity contribution in [2.75, 3.05) is 6.54 Å². The largest absolute Gasteiger partial charge is 0.370 e. The second kappa shape index (κ2) is 11.5. The number of rotatable bonds is 9. The molecule has 0 spiro atoms. The van der Waals surface area contributed by atoms with Gasteiger partial charge in [0, 0.05) is 31.0 Å². The van der Waals surface area contributed by atoms with Crippen LogP contribution in [0.4, 0.5) is 8.78 Å². The number of hydrogen-bond acceptors (Lipinski definition) is 6. The molecule has 2 aliphatic rings. The van der Waals surface area contributed by atoms with E-state index in [2.05, 4.69) is 11.4 Å². The zero-order valence-corrected chi connectivity index (χ0v) is 22.1. The van der Waals surface area contributed by atoms with Crippen molar-refractivity contribution < 1.29 is 32.5 Å². The van der Waals surface area contributed by atoms with Gasteiger partial charge in [0.1, 0.15) is 17.7 Å². The first-order chi connectivity index (χ1) is 18.0. The number of benzene rings is 2. The third-order valence-corrected chi connectivity index (χ3v) is 6.84. The first-order valence-corrected chi connectivity index (χ1v) is 12.8. The predicted octanol–water partition coefficient (Wildman–Crippen LogP) is 4.76. The van der Waals surface area contributed by atoms with E-state index >= 15 is 0 Å². The van der Waals surface area contributed by atoms with Crippen LogP contribution in [0.1, 0.15) is 57.2 Å². The van der Waals surface area contributed by atoms with E-state index in [0.717, 1.165) is 6.07 Å². The van der Waals surface area contributed by atoms with Crippen LogP contribution in [0.3, 0.4) is 0 Å². The molecule has 7 nitrogen and oxygen atoms in total. The number of halogens is 2. The molecule has 1 saturated carbocycles. The van der Waals surface area contributed by atoms with Crippen LogP contribution < -0.4 is 5.32 Å². The Hall–Kier alpha value is -2.90. The molecule has 2 aromatic rings. The molecule has 1 saturated heterocycles. The first-order valence-electron chi connectivity index (χ1n) is 12.8. The highest BCUT2D eigenvalue weighted by atomic mass is 19.1. The summed E-state index contributed by atoms with van der Waals surface area (Å²) in [5.41, 5.74) is -0.0533. The van der Waals surface area contributed by atoms with E-state index in [0.29, 0.717) is 17.7 Å². The molecule has 1 heterocycles. The number of nitriles is 1. The quantitative estimate of drug-likeness (QED) is 0.505. The Bertz CT molecular complexity index is 1200. The highest BCUT2D eigenvalue weighted by Crippen LogP contribution is 2.44. The van der Waals surface area contributed by atoms with Crippen LogP contribution in [0.2, 0.25) is 0 Å². The highest BCUT2D eigenvalue weighted by molar-refractivity contribution is 5.85. The minimum atomic E-state index is -1.35. The summed E-state index contributed by atoms with van der Waals surface area (Å²) < 4.78 is 52.6. The fourth-order valence-electron chi connectivity index (χ4n) is 4.97. The molecule has 2 aromatic carbocycles. The molecule has 1 amide bonds. The SMILES string of the molecule is CC(C)CNC(=O)[C@@]1(OCc2ccccc2C#N)CC(OCc2ccc(F)cc2F)[C@@H]2OC(C)(C)O[C@@H]2C1. The molecule has 1 aliphatic carbocycles. The summed E-state index contributed by atoms with van der Waals surface area (Å²) in [7, 11) is 0. The zero-order chi connectivity index (χ0) is 27.5. The molecular formula is C29H34F2N2O5. The monoisotopic (exact) mass is 528 g/mol. The van der Waals surface area contributed by atoms with E-state index < -0.39 is 41.3 Å². The van der Waals surface area contributed by atoms with Crippen molar-refractivity contribution in [3.05, 3.63) is 70.8 Å². The van der Waals surface area contributed by atoms with Crippen molar-refractivity contribution in [1.29, 1.82) is 5.26 Å². The van der Waals surface area contributed by atoms with Gasteiger partial charge >= 0.3 is 0 Å². The summed E-state index contributed by atoms with van der Waals surface area (Å²) in [5, 5.41) is 12.5. The lowest BCUT2D eigenvalue weighted by atomic mass is 9.78. The normalized spacial score (nSPS) is 26.1. The molecule has 4 atom stereocenters. The number of carbonyl (C=O) groups is 1. The maximum atomic E-state index is 14.3. The summed E-state index contributed by atoms with van der Waals surface area (Å²) in [4.78, 5) is 13.7. The van der Waals surface area contributed by atoms with Crippen molar-refractivity contribution in [2.24, 2.45) is 5.92 Å². The maximum absolute atomic E-state index is 14.3. The van der Waals surface area contributed by atoms with Crippen molar-refractivity contribution in [3.63, 3.8) is 0 Å². The fraction of sp³-hybridized carbons (Fsp3) is 0.517. The second-order valence-corrected chi connectivity index (χ2v) is 10.8. The van der Waals surface area contributed by atoms with E-state index in [9.17, 15) is 18.8 Å². The average Bonchev–Trinajstić information content (AvgIpc) is 3.19. The van der Waals surface area contributed by atoms with Gasteiger partial charge in [0.05, 0.1) is 37.1 Å². The molecule has 4 rings (SSSR count). The van der Waals surface area contributed by atoms with Crippen LogP contribution in [0.5, 0.6) is 0 Å². The van der Waals surface area contributed by atoms with Crippen LogP contribution in [0.15, 0.2) is 42.5 Å². The zero-order valence-electron chi connectivity index (χ0n) is 22.1. The van der Waals surface area contributed by atoms with E-state index in [1.807, 2.05) is 19.9 Å². The first kappa shape index (κ1) is 28.1. The Kier molecular flexibility index (Phi) is 8.48. The number of hydrogen-bond donors (Lipinski definition) is 1. The van der Waals surface area contributed by atoms with Crippen LogP contribution in [-0.2, 0) is 37.0 Å². The minimum absolute atomic E-state index is 0.0276. The molecule has 0 radical (unpaired) electrons. The van der Waals surface area contributed by atoms with E-state index in [4.69, 9.17) is 18.9 Å². The van der Waals surface area contributed by atoms with Gasteiger partial charge < -0.3 is 24.3 Å². The van der Waals surface area contributed by atoms with Crippen LogP contribution in [0, 0.1) is 28.9 Å². The summed E-state index contributed by atoms with van der Waals surface area (Å²) in [5.74, 6) is -2.41. The Balaban J connectivity index is 1.63. The third kappa shape index (κ3) is 6.38. The lowest BCUT2D eigenvalue weighted by Crippen LogP contribution is -2.60. The van der Waals surface area contributed by atoms with Gasteiger partial charge in [-0.05, 0) is 37.5 Å². The van der Waals surface area contributed by atoms with Gasteiger partial charge in [0.15, 0.2) is 11.4 Å². The van der Waals surface area contributed by atoms with Crippen molar-refractivity contribution >= 4 is 5.91 Å². The number of carbonyl (C=O) groups excluding carboxylic acids is 1.